The van der Waals surface area contributed by atoms with Crippen molar-refractivity contribution in [1.29, 1.82) is 0 Å². The molecule has 0 aliphatic heterocycles. The molecule has 2 rings (SSSR count). The number of ether oxygens (including phenoxy) is 5. The van der Waals surface area contributed by atoms with Gasteiger partial charge in [-0.25, -0.2) is 18.0 Å². The standard InChI is InChI=1S/C30H38F5N5O9/c31-24-25(32)27(34)29(28(35)26(24)33)49-23(43)6-9-45-11-13-47-15-16-48-14-12-46-10-8-37-18-19(40-36)3-1-2-7-38-30(44)39-21-5-4-20(41)17-22(21)42/h4-5,17-18,41-42H,1-3,6-16,36H2,(H2,38,39,44)/b37-18?,40-19-. The quantitative estimate of drug-likeness (QED) is 0.00975. The van der Waals surface area contributed by atoms with Gasteiger partial charge in [0.25, 0.3) is 0 Å². The van der Waals surface area contributed by atoms with Crippen LogP contribution in [0.4, 0.5) is 32.4 Å². The number of aliphatic imine (C=N–C) groups is 1. The number of nitrogens with two attached hydrogens (primary N) is 1. The molecule has 0 atom stereocenters. The van der Waals surface area contributed by atoms with Gasteiger partial charge in [0.15, 0.2) is 0 Å². The maximum absolute atomic E-state index is 13.5. The SMILES string of the molecule is N/N=C(\C=NCCOCCOCCOCCOCCC(=O)Oc1c(F)c(F)c(F)c(F)c1F)CCCCNC(=O)Nc1ccc(O)cc1O. The van der Waals surface area contributed by atoms with Crippen molar-refractivity contribution >= 4 is 29.6 Å². The van der Waals surface area contributed by atoms with Gasteiger partial charge in [0.2, 0.25) is 34.8 Å². The summed E-state index contributed by atoms with van der Waals surface area (Å²) in [6.45, 7) is 2.20. The second-order valence-corrected chi connectivity index (χ2v) is 9.77. The number of halogens is 5. The molecule has 0 saturated heterocycles. The Morgan fingerprint density at radius 3 is 1.94 bits per heavy atom. The molecule has 6 N–H and O–H groups in total. The van der Waals surface area contributed by atoms with E-state index in [4.69, 9.17) is 24.8 Å². The fourth-order valence-corrected chi connectivity index (χ4v) is 3.63. The highest BCUT2D eigenvalue weighted by atomic mass is 19.2. The van der Waals surface area contributed by atoms with Crippen LogP contribution in [0.2, 0.25) is 0 Å². The molecule has 0 fully saturated rings. The van der Waals surface area contributed by atoms with Crippen molar-refractivity contribution in [2.24, 2.45) is 15.9 Å². The summed E-state index contributed by atoms with van der Waals surface area (Å²) >= 11 is 0. The first-order chi connectivity index (χ1) is 23.5. The van der Waals surface area contributed by atoms with Gasteiger partial charge in [-0.3, -0.25) is 9.79 Å². The summed E-state index contributed by atoms with van der Waals surface area (Å²) in [5.74, 6) is -9.19. The van der Waals surface area contributed by atoms with E-state index in [1.165, 1.54) is 12.1 Å². The van der Waals surface area contributed by atoms with E-state index in [0.717, 1.165) is 6.07 Å². The molecule has 0 unspecified atom stereocenters. The maximum Gasteiger partial charge on any atom is 0.319 e. The van der Waals surface area contributed by atoms with E-state index in [1.54, 1.807) is 6.21 Å². The summed E-state index contributed by atoms with van der Waals surface area (Å²) in [5.41, 5.74) is 0.754. The highest BCUT2D eigenvalue weighted by Gasteiger charge is 2.28. The molecule has 0 aliphatic rings. The minimum atomic E-state index is -2.36. The smallest absolute Gasteiger partial charge is 0.319 e. The molecular formula is C30H38F5N5O9. The van der Waals surface area contributed by atoms with Crippen molar-refractivity contribution in [3.63, 3.8) is 0 Å². The van der Waals surface area contributed by atoms with Crippen LogP contribution in [0.25, 0.3) is 0 Å². The van der Waals surface area contributed by atoms with Gasteiger partial charge < -0.3 is 50.4 Å². The van der Waals surface area contributed by atoms with Gasteiger partial charge in [-0.15, -0.1) is 0 Å². The third kappa shape index (κ3) is 15.5. The van der Waals surface area contributed by atoms with E-state index in [-0.39, 0.29) is 50.2 Å². The first-order valence-corrected chi connectivity index (χ1v) is 14.9. The predicted molar refractivity (Wildman–Crippen MR) is 165 cm³/mol. The molecule has 2 amide bonds. The molecule has 0 saturated carbocycles. The number of carbonyl (C=O) groups is 2. The number of aromatic hydroxyl groups is 2. The Morgan fingerprint density at radius 2 is 1.35 bits per heavy atom. The molecule has 272 valence electrons. The van der Waals surface area contributed by atoms with Crippen LogP contribution < -0.4 is 21.2 Å². The number of carbonyl (C=O) groups excluding carboxylic acids is 2. The number of rotatable bonds is 23. The normalized spacial score (nSPS) is 11.7. The van der Waals surface area contributed by atoms with E-state index < -0.39 is 53.3 Å². The lowest BCUT2D eigenvalue weighted by Crippen LogP contribution is -2.29. The summed E-state index contributed by atoms with van der Waals surface area (Å²) in [5, 5.41) is 27.8. The number of anilines is 1. The lowest BCUT2D eigenvalue weighted by molar-refractivity contribution is -0.136. The van der Waals surface area contributed by atoms with Crippen LogP contribution in [0.5, 0.6) is 17.2 Å². The van der Waals surface area contributed by atoms with Crippen molar-refractivity contribution in [2.45, 2.75) is 25.7 Å². The molecule has 0 aliphatic carbocycles. The summed E-state index contributed by atoms with van der Waals surface area (Å²) in [4.78, 5) is 27.8. The van der Waals surface area contributed by atoms with Crippen molar-refractivity contribution in [1.82, 2.24) is 5.32 Å². The third-order valence-electron chi connectivity index (χ3n) is 6.10. The average Bonchev–Trinajstić information content (AvgIpc) is 3.08. The number of esters is 1. The number of unbranched alkanes of at least 4 members (excludes halogenated alkanes) is 1. The fourth-order valence-electron chi connectivity index (χ4n) is 3.63. The predicted octanol–water partition coefficient (Wildman–Crippen LogP) is 3.53. The lowest BCUT2D eigenvalue weighted by Gasteiger charge is -2.09. The molecule has 0 heterocycles. The number of hydrogen-bond acceptors (Lipinski definition) is 12. The first kappa shape index (κ1) is 40.6. The molecule has 14 nitrogen and oxygen atoms in total. The zero-order valence-electron chi connectivity index (χ0n) is 26.3. The Labute approximate surface area is 278 Å². The van der Waals surface area contributed by atoms with E-state index >= 15 is 0 Å². The van der Waals surface area contributed by atoms with E-state index in [0.29, 0.717) is 57.9 Å². The van der Waals surface area contributed by atoms with Crippen LogP contribution in [-0.4, -0.2) is 100 Å². The molecule has 0 radical (unpaired) electrons. The Bertz CT molecular complexity index is 1390. The van der Waals surface area contributed by atoms with Crippen LogP contribution in [-0.2, 0) is 23.7 Å². The highest BCUT2D eigenvalue weighted by Crippen LogP contribution is 2.29. The van der Waals surface area contributed by atoms with Crippen LogP contribution in [0.3, 0.4) is 0 Å². The van der Waals surface area contributed by atoms with Crippen LogP contribution in [0.15, 0.2) is 28.3 Å². The fraction of sp³-hybridized carbons (Fsp3) is 0.467. The number of benzene rings is 2. The number of phenolic OH excluding ortho intramolecular Hbond substituents is 2. The molecule has 49 heavy (non-hydrogen) atoms. The molecule has 0 spiro atoms. The first-order valence-electron chi connectivity index (χ1n) is 14.9. The van der Waals surface area contributed by atoms with Crippen molar-refractivity contribution in [3.05, 3.63) is 47.3 Å². The highest BCUT2D eigenvalue weighted by molar-refractivity contribution is 6.30. The molecule has 19 heteroatoms. The van der Waals surface area contributed by atoms with Gasteiger partial charge in [0.05, 0.1) is 77.2 Å². The van der Waals surface area contributed by atoms with E-state index in [1.807, 2.05) is 0 Å². The summed E-state index contributed by atoms with van der Waals surface area (Å²) < 4.78 is 91.9. The van der Waals surface area contributed by atoms with Crippen LogP contribution >= 0.6 is 0 Å². The second-order valence-electron chi connectivity index (χ2n) is 9.77. The summed E-state index contributed by atoms with van der Waals surface area (Å²) in [6.07, 6.45) is 2.94. The molecule has 0 aromatic heterocycles. The van der Waals surface area contributed by atoms with Gasteiger partial charge in [0, 0.05) is 18.8 Å². The Kier molecular flexibility index (Phi) is 19.0. The van der Waals surface area contributed by atoms with Crippen molar-refractivity contribution in [2.75, 3.05) is 71.3 Å². The van der Waals surface area contributed by atoms with Gasteiger partial charge in [-0.1, -0.05) is 0 Å². The Balaban J connectivity index is 1.39. The van der Waals surface area contributed by atoms with Gasteiger partial charge in [-0.05, 0) is 31.4 Å². The second kappa shape index (κ2) is 22.9. The Morgan fingerprint density at radius 1 is 0.776 bits per heavy atom. The minimum Gasteiger partial charge on any atom is -0.508 e. The van der Waals surface area contributed by atoms with Gasteiger partial charge >= 0.3 is 12.0 Å². The van der Waals surface area contributed by atoms with Gasteiger partial charge in [0.1, 0.15) is 11.5 Å². The molecule has 0 bridgehead atoms. The summed E-state index contributed by atoms with van der Waals surface area (Å²) in [6, 6.07) is 3.34. The van der Waals surface area contributed by atoms with Crippen LogP contribution in [0.1, 0.15) is 25.7 Å². The molecular weight excluding hydrogens is 669 g/mol. The number of phenols is 2. The number of nitrogens with one attached hydrogen (secondary N) is 2. The van der Waals surface area contributed by atoms with Crippen LogP contribution in [0, 0.1) is 29.1 Å². The van der Waals surface area contributed by atoms with E-state index in [2.05, 4.69) is 25.5 Å². The lowest BCUT2D eigenvalue weighted by atomic mass is 10.2. The maximum atomic E-state index is 13.5. The largest absolute Gasteiger partial charge is 0.508 e. The zero-order valence-corrected chi connectivity index (χ0v) is 26.3. The molecule has 2 aromatic rings. The molecule has 2 aromatic carbocycles. The number of amides is 2. The average molecular weight is 708 g/mol. The summed E-state index contributed by atoms with van der Waals surface area (Å²) in [7, 11) is 0. The minimum absolute atomic E-state index is 0.0573. The van der Waals surface area contributed by atoms with Crippen molar-refractivity contribution in [3.8, 4) is 17.2 Å². The monoisotopic (exact) mass is 707 g/mol. The number of nitrogens with zero attached hydrogens (tertiary/aromatic N) is 2. The van der Waals surface area contributed by atoms with Gasteiger partial charge in [-0.2, -0.15) is 13.9 Å². The third-order valence-corrected chi connectivity index (χ3v) is 6.10. The number of urea groups is 1. The number of hydrazone groups is 1. The topological polar surface area (TPSA) is 196 Å². The zero-order chi connectivity index (χ0) is 36.0. The van der Waals surface area contributed by atoms with E-state index in [9.17, 15) is 41.8 Å². The van der Waals surface area contributed by atoms with Crippen molar-refractivity contribution < 1.29 is 65.4 Å². The Hall–Kier alpha value is -4.59. The number of hydrogen-bond donors (Lipinski definition) is 5.